The van der Waals surface area contributed by atoms with Crippen molar-refractivity contribution in [2.75, 3.05) is 5.32 Å². The van der Waals surface area contributed by atoms with Gasteiger partial charge in [-0.3, -0.25) is 0 Å². The second-order valence-electron chi connectivity index (χ2n) is 6.34. The molecule has 1 N–H and O–H groups in total. The fourth-order valence-electron chi connectivity index (χ4n) is 2.52. The highest BCUT2D eigenvalue weighted by atomic mass is 19.2. The van der Waals surface area contributed by atoms with Gasteiger partial charge in [0.2, 0.25) is 5.95 Å². The minimum Gasteiger partial charge on any atom is -0.491 e. The molecule has 0 unspecified atom stereocenters. The monoisotopic (exact) mass is 358 g/mol. The zero-order valence-corrected chi connectivity index (χ0v) is 15.0. The summed E-state index contributed by atoms with van der Waals surface area (Å²) >= 11 is 0. The van der Waals surface area contributed by atoms with Crippen LogP contribution in [0.3, 0.4) is 0 Å². The topological polar surface area (TPSA) is 52.0 Å². The van der Waals surface area contributed by atoms with Gasteiger partial charge in [-0.15, -0.1) is 5.10 Å². The van der Waals surface area contributed by atoms with Gasteiger partial charge in [0.1, 0.15) is 12.1 Å². The second-order valence-corrected chi connectivity index (χ2v) is 6.34. The molecule has 7 heteroatoms. The molecule has 0 aliphatic heterocycles. The minimum atomic E-state index is -0.933. The predicted molar refractivity (Wildman–Crippen MR) is 96.2 cm³/mol. The summed E-state index contributed by atoms with van der Waals surface area (Å²) in [4.78, 5) is 4.19. The first-order valence-corrected chi connectivity index (χ1v) is 8.25. The smallest absolute Gasteiger partial charge is 0.246 e. The molecule has 3 aromatic rings. The molecule has 0 fully saturated rings. The summed E-state index contributed by atoms with van der Waals surface area (Å²) in [5.74, 6) is -0.695. The molecule has 3 rings (SSSR count). The van der Waals surface area contributed by atoms with E-state index >= 15 is 0 Å². The van der Waals surface area contributed by atoms with Gasteiger partial charge >= 0.3 is 0 Å². The lowest BCUT2D eigenvalue weighted by Gasteiger charge is -2.16. The average Bonchev–Trinajstić information content (AvgIpc) is 3.02. The molecule has 0 aliphatic carbocycles. The van der Waals surface area contributed by atoms with Gasteiger partial charge in [0.05, 0.1) is 11.8 Å². The molecule has 136 valence electrons. The van der Waals surface area contributed by atoms with E-state index in [4.69, 9.17) is 4.74 Å². The number of halogens is 2. The number of anilines is 2. The molecule has 0 aliphatic rings. The largest absolute Gasteiger partial charge is 0.491 e. The van der Waals surface area contributed by atoms with Crippen molar-refractivity contribution in [3.63, 3.8) is 0 Å². The molecule has 26 heavy (non-hydrogen) atoms. The molecular weight excluding hydrogens is 338 g/mol. The normalized spacial score (nSPS) is 11.0. The molecule has 0 amide bonds. The van der Waals surface area contributed by atoms with E-state index in [9.17, 15) is 8.78 Å². The third kappa shape index (κ3) is 3.82. The lowest BCUT2D eigenvalue weighted by atomic mass is 10.1. The Balaban J connectivity index is 1.87. The number of nitrogens with zero attached hydrogens (tertiary/aromatic N) is 3. The molecule has 0 atom stereocenters. The van der Waals surface area contributed by atoms with Gasteiger partial charge in [0.15, 0.2) is 11.6 Å². The molecule has 0 radical (unpaired) electrons. The van der Waals surface area contributed by atoms with Crippen LogP contribution in [-0.4, -0.2) is 20.9 Å². The van der Waals surface area contributed by atoms with Gasteiger partial charge in [-0.2, -0.15) is 4.98 Å². The van der Waals surface area contributed by atoms with Crippen LogP contribution in [0.5, 0.6) is 5.75 Å². The molecule has 0 saturated heterocycles. The number of nitrogens with one attached hydrogen (secondary N) is 1. The Hall–Kier alpha value is -2.96. The highest BCUT2D eigenvalue weighted by molar-refractivity contribution is 5.63. The van der Waals surface area contributed by atoms with E-state index in [2.05, 4.69) is 15.4 Å². The van der Waals surface area contributed by atoms with Crippen molar-refractivity contribution in [1.82, 2.24) is 14.8 Å². The summed E-state index contributed by atoms with van der Waals surface area (Å²) in [5, 5.41) is 7.42. The summed E-state index contributed by atoms with van der Waals surface area (Å²) in [5.41, 5.74) is 3.18. The van der Waals surface area contributed by atoms with Crippen molar-refractivity contribution in [2.24, 2.45) is 0 Å². The predicted octanol–water partition coefficient (Wildman–Crippen LogP) is 4.69. The van der Waals surface area contributed by atoms with Crippen LogP contribution in [0.2, 0.25) is 0 Å². The molecule has 1 heterocycles. The zero-order chi connectivity index (χ0) is 18.8. The van der Waals surface area contributed by atoms with Crippen LogP contribution in [-0.2, 0) is 0 Å². The maximum Gasteiger partial charge on any atom is 0.246 e. The van der Waals surface area contributed by atoms with Crippen LogP contribution in [0.25, 0.3) is 5.69 Å². The van der Waals surface area contributed by atoms with E-state index in [1.807, 2.05) is 39.8 Å². The number of benzene rings is 2. The van der Waals surface area contributed by atoms with Crippen molar-refractivity contribution in [2.45, 2.75) is 33.8 Å². The molecule has 0 spiro atoms. The lowest BCUT2D eigenvalue weighted by molar-refractivity contribution is 0.241. The Bertz CT molecular complexity index is 937. The van der Waals surface area contributed by atoms with E-state index < -0.39 is 11.6 Å². The number of aromatic nitrogens is 3. The number of aryl methyl sites for hydroxylation is 1. The standard InChI is InChI=1S/C19H20F2N4O/c1-11(2)26-18-8-12(3)7-17(13(18)4)23-19-22-10-25(24-19)14-5-6-15(20)16(21)9-14/h5-11H,1-4H3,(H,23,24). The molecular formula is C19H20F2N4O. The Morgan fingerprint density at radius 2 is 1.85 bits per heavy atom. The Morgan fingerprint density at radius 3 is 2.54 bits per heavy atom. The van der Waals surface area contributed by atoms with E-state index in [1.54, 1.807) is 0 Å². The Labute approximate surface area is 150 Å². The van der Waals surface area contributed by atoms with Gasteiger partial charge in [-0.05, 0) is 57.5 Å². The number of hydrogen-bond acceptors (Lipinski definition) is 4. The van der Waals surface area contributed by atoms with Crippen LogP contribution in [0.1, 0.15) is 25.0 Å². The van der Waals surface area contributed by atoms with Gasteiger partial charge in [-0.1, -0.05) is 0 Å². The van der Waals surface area contributed by atoms with Crippen LogP contribution in [0, 0.1) is 25.5 Å². The van der Waals surface area contributed by atoms with Crippen molar-refractivity contribution < 1.29 is 13.5 Å². The zero-order valence-electron chi connectivity index (χ0n) is 15.0. The van der Waals surface area contributed by atoms with Crippen LogP contribution < -0.4 is 10.1 Å². The molecule has 0 bridgehead atoms. The second kappa shape index (κ2) is 7.11. The summed E-state index contributed by atoms with van der Waals surface area (Å²) in [6.45, 7) is 7.87. The first-order valence-electron chi connectivity index (χ1n) is 8.25. The minimum absolute atomic E-state index is 0.0639. The lowest BCUT2D eigenvalue weighted by Crippen LogP contribution is -2.08. The molecule has 2 aromatic carbocycles. The van der Waals surface area contributed by atoms with Crippen LogP contribution in [0.15, 0.2) is 36.7 Å². The first-order chi connectivity index (χ1) is 12.3. The van der Waals surface area contributed by atoms with Crippen molar-refractivity contribution in [1.29, 1.82) is 0 Å². The van der Waals surface area contributed by atoms with Gasteiger partial charge < -0.3 is 10.1 Å². The third-order valence-electron chi connectivity index (χ3n) is 3.77. The summed E-state index contributed by atoms with van der Waals surface area (Å²) in [7, 11) is 0. The van der Waals surface area contributed by atoms with E-state index in [-0.39, 0.29) is 6.10 Å². The summed E-state index contributed by atoms with van der Waals surface area (Å²) in [6.07, 6.45) is 1.50. The fraction of sp³-hybridized carbons (Fsp3) is 0.263. The number of ether oxygens (including phenoxy) is 1. The third-order valence-corrected chi connectivity index (χ3v) is 3.77. The highest BCUT2D eigenvalue weighted by Crippen LogP contribution is 2.30. The molecule has 5 nitrogen and oxygen atoms in total. The number of rotatable bonds is 5. The van der Waals surface area contributed by atoms with E-state index in [0.29, 0.717) is 11.6 Å². The Kier molecular flexibility index (Phi) is 4.88. The van der Waals surface area contributed by atoms with Gasteiger partial charge in [-0.25, -0.2) is 13.5 Å². The van der Waals surface area contributed by atoms with Crippen molar-refractivity contribution in [3.05, 3.63) is 59.4 Å². The van der Waals surface area contributed by atoms with Crippen molar-refractivity contribution in [3.8, 4) is 11.4 Å². The fourth-order valence-corrected chi connectivity index (χ4v) is 2.52. The van der Waals surface area contributed by atoms with Crippen molar-refractivity contribution >= 4 is 11.6 Å². The van der Waals surface area contributed by atoms with Gasteiger partial charge in [0.25, 0.3) is 0 Å². The quantitative estimate of drug-likeness (QED) is 0.719. The van der Waals surface area contributed by atoms with E-state index in [0.717, 1.165) is 34.7 Å². The van der Waals surface area contributed by atoms with Gasteiger partial charge in [0, 0.05) is 17.3 Å². The van der Waals surface area contributed by atoms with E-state index in [1.165, 1.54) is 17.1 Å². The van der Waals surface area contributed by atoms with Crippen LogP contribution in [0.4, 0.5) is 20.4 Å². The Morgan fingerprint density at radius 1 is 1.08 bits per heavy atom. The molecule has 1 aromatic heterocycles. The first kappa shape index (κ1) is 17.8. The maximum absolute atomic E-state index is 13.4. The molecule has 0 saturated carbocycles. The summed E-state index contributed by atoms with van der Waals surface area (Å²) in [6, 6.07) is 7.51. The highest BCUT2D eigenvalue weighted by Gasteiger charge is 2.12. The average molecular weight is 358 g/mol. The SMILES string of the molecule is Cc1cc(Nc2ncn(-c3ccc(F)c(F)c3)n2)c(C)c(OC(C)C)c1. The van der Waals surface area contributed by atoms with Crippen LogP contribution >= 0.6 is 0 Å². The number of hydrogen-bond donors (Lipinski definition) is 1. The maximum atomic E-state index is 13.4. The summed E-state index contributed by atoms with van der Waals surface area (Å²) < 4.78 is 33.7.